The van der Waals surface area contributed by atoms with E-state index in [4.69, 9.17) is 9.47 Å². The average Bonchev–Trinajstić information content (AvgIpc) is 3.18. The zero-order valence-corrected chi connectivity index (χ0v) is 22.0. The molecule has 4 aromatic carbocycles. The van der Waals surface area contributed by atoms with Gasteiger partial charge in [0.25, 0.3) is 0 Å². The molecule has 1 aliphatic carbocycles. The number of rotatable bonds is 5. The molecule has 4 heteroatoms. The van der Waals surface area contributed by atoms with Gasteiger partial charge in [0.15, 0.2) is 0 Å². The summed E-state index contributed by atoms with van der Waals surface area (Å²) in [6, 6.07) is 31.5. The number of allylic oxidation sites excluding steroid dienone is 2. The third kappa shape index (κ3) is 4.36. The summed E-state index contributed by atoms with van der Waals surface area (Å²) >= 11 is 7.24. The molecule has 0 heterocycles. The highest BCUT2D eigenvalue weighted by Crippen LogP contribution is 2.50. The van der Waals surface area contributed by atoms with Crippen molar-refractivity contribution in [2.75, 3.05) is 14.2 Å². The van der Waals surface area contributed by atoms with Crippen LogP contribution in [0.3, 0.4) is 0 Å². The number of benzene rings is 4. The first-order valence-corrected chi connectivity index (χ1v) is 12.5. The molecule has 4 aromatic rings. The van der Waals surface area contributed by atoms with Gasteiger partial charge < -0.3 is 9.47 Å². The van der Waals surface area contributed by atoms with Crippen LogP contribution in [0.5, 0.6) is 11.5 Å². The molecule has 0 aliphatic heterocycles. The predicted molar refractivity (Wildman–Crippen MR) is 148 cm³/mol. The van der Waals surface area contributed by atoms with Crippen LogP contribution in [0.1, 0.15) is 27.8 Å². The molecule has 0 radical (unpaired) electrons. The van der Waals surface area contributed by atoms with E-state index in [9.17, 15) is 0 Å². The number of ether oxygens (including phenoxy) is 2. The summed E-state index contributed by atoms with van der Waals surface area (Å²) in [7, 11) is 3.39. The molecule has 168 valence electrons. The van der Waals surface area contributed by atoms with Gasteiger partial charge in [0.05, 0.1) is 14.2 Å². The molecule has 0 amide bonds. The van der Waals surface area contributed by atoms with E-state index in [-0.39, 0.29) is 0 Å². The van der Waals surface area contributed by atoms with E-state index in [2.05, 4.69) is 105 Å². The van der Waals surface area contributed by atoms with Crippen LogP contribution in [0.25, 0.3) is 22.8 Å². The van der Waals surface area contributed by atoms with Crippen molar-refractivity contribution in [3.63, 3.8) is 0 Å². The van der Waals surface area contributed by atoms with Gasteiger partial charge in [-0.05, 0) is 99.1 Å². The van der Waals surface area contributed by atoms with E-state index < -0.39 is 0 Å². The second kappa shape index (κ2) is 9.65. The van der Waals surface area contributed by atoms with Crippen LogP contribution < -0.4 is 9.47 Å². The van der Waals surface area contributed by atoms with Crippen LogP contribution in [0.15, 0.2) is 99.9 Å². The minimum Gasteiger partial charge on any atom is -0.497 e. The Morgan fingerprint density at radius 1 is 0.559 bits per heavy atom. The van der Waals surface area contributed by atoms with Gasteiger partial charge in [-0.3, -0.25) is 0 Å². The van der Waals surface area contributed by atoms with Crippen molar-refractivity contribution in [2.45, 2.75) is 0 Å². The number of hydrogen-bond donors (Lipinski definition) is 0. The highest BCUT2D eigenvalue weighted by atomic mass is 79.9. The van der Waals surface area contributed by atoms with Gasteiger partial charge in [-0.25, -0.2) is 0 Å². The Morgan fingerprint density at radius 3 is 1.65 bits per heavy atom. The van der Waals surface area contributed by atoms with Crippen LogP contribution in [-0.2, 0) is 0 Å². The molecule has 1 aliphatic rings. The van der Waals surface area contributed by atoms with E-state index in [1.165, 1.54) is 27.8 Å². The van der Waals surface area contributed by atoms with Crippen molar-refractivity contribution < 1.29 is 9.47 Å². The van der Waals surface area contributed by atoms with E-state index in [0.717, 1.165) is 37.1 Å². The Hall–Kier alpha value is -3.08. The lowest BCUT2D eigenvalue weighted by Crippen LogP contribution is -1.91. The summed E-state index contributed by atoms with van der Waals surface area (Å²) in [6.45, 7) is 0. The van der Waals surface area contributed by atoms with Crippen LogP contribution in [0.2, 0.25) is 0 Å². The van der Waals surface area contributed by atoms with Crippen molar-refractivity contribution in [1.82, 2.24) is 0 Å². The lowest BCUT2D eigenvalue weighted by atomic mass is 9.92. The van der Waals surface area contributed by atoms with E-state index in [1.54, 1.807) is 14.2 Å². The van der Waals surface area contributed by atoms with E-state index >= 15 is 0 Å². The van der Waals surface area contributed by atoms with Crippen molar-refractivity contribution in [2.24, 2.45) is 0 Å². The van der Waals surface area contributed by atoms with Gasteiger partial charge >= 0.3 is 0 Å². The quantitative estimate of drug-likeness (QED) is 0.237. The molecule has 0 spiro atoms. The van der Waals surface area contributed by atoms with Gasteiger partial charge in [0.1, 0.15) is 11.5 Å². The standard InChI is InChI=1S/C30H22Br2O2/c1-33-24-12-5-20(6-13-24)29-27(17-19-3-9-22(31)10-4-19)26-16-11-23(32)18-28(26)30(29)21-7-14-25(34-2)15-8-21/h3-18H,1-2H3/b27-17+. The van der Waals surface area contributed by atoms with E-state index in [1.807, 2.05) is 24.3 Å². The fraction of sp³-hybridized carbons (Fsp3) is 0.0667. The molecule has 0 saturated carbocycles. The third-order valence-electron chi connectivity index (χ3n) is 6.00. The Balaban J connectivity index is 1.81. The summed E-state index contributed by atoms with van der Waals surface area (Å²) < 4.78 is 13.0. The smallest absolute Gasteiger partial charge is 0.118 e. The normalized spacial score (nSPS) is 13.8. The van der Waals surface area contributed by atoms with Crippen LogP contribution >= 0.6 is 31.9 Å². The van der Waals surface area contributed by atoms with Crippen molar-refractivity contribution in [3.8, 4) is 11.5 Å². The summed E-state index contributed by atoms with van der Waals surface area (Å²) in [5.41, 5.74) is 9.44. The number of hydrogen-bond acceptors (Lipinski definition) is 2. The summed E-state index contributed by atoms with van der Waals surface area (Å²) in [6.07, 6.45) is 2.27. The first-order valence-electron chi connectivity index (χ1n) is 10.9. The maximum absolute atomic E-state index is 5.42. The Morgan fingerprint density at radius 2 is 1.09 bits per heavy atom. The minimum atomic E-state index is 0.840. The maximum atomic E-state index is 5.42. The molecule has 0 saturated heterocycles. The van der Waals surface area contributed by atoms with Crippen molar-refractivity contribution >= 4 is 54.7 Å². The molecule has 5 rings (SSSR count). The highest BCUT2D eigenvalue weighted by molar-refractivity contribution is 9.10. The first-order chi connectivity index (χ1) is 16.6. The Kier molecular flexibility index (Phi) is 6.44. The lowest BCUT2D eigenvalue weighted by molar-refractivity contribution is 0.414. The van der Waals surface area contributed by atoms with Gasteiger partial charge in [0, 0.05) is 8.95 Å². The predicted octanol–water partition coefficient (Wildman–Crippen LogP) is 8.74. The maximum Gasteiger partial charge on any atom is 0.118 e. The third-order valence-corrected chi connectivity index (χ3v) is 7.02. The molecule has 2 nitrogen and oxygen atoms in total. The van der Waals surface area contributed by atoms with Crippen LogP contribution in [-0.4, -0.2) is 14.2 Å². The first kappa shape index (κ1) is 22.7. The van der Waals surface area contributed by atoms with Gasteiger partial charge in [-0.15, -0.1) is 0 Å². The molecule has 0 unspecified atom stereocenters. The number of fused-ring (bicyclic) bond motifs is 1. The molecular formula is C30H22Br2O2. The Labute approximate surface area is 216 Å². The van der Waals surface area contributed by atoms with Gasteiger partial charge in [0.2, 0.25) is 0 Å². The number of halogens is 2. The molecule has 0 aromatic heterocycles. The SMILES string of the molecule is COc1ccc(C2=C(c3ccc(OC)cc3)c3cc(Br)ccc3/C2=C\c2ccc(Br)cc2)cc1. The fourth-order valence-electron chi connectivity index (χ4n) is 4.35. The average molecular weight is 574 g/mol. The molecule has 0 N–H and O–H groups in total. The van der Waals surface area contributed by atoms with Crippen LogP contribution in [0, 0.1) is 0 Å². The number of methoxy groups -OCH3 is 2. The Bertz CT molecular complexity index is 1400. The second-order valence-electron chi connectivity index (χ2n) is 8.01. The van der Waals surface area contributed by atoms with E-state index in [0.29, 0.717) is 0 Å². The molecule has 34 heavy (non-hydrogen) atoms. The topological polar surface area (TPSA) is 18.5 Å². The molecule has 0 fully saturated rings. The molecule has 0 atom stereocenters. The van der Waals surface area contributed by atoms with Crippen LogP contribution in [0.4, 0.5) is 0 Å². The monoisotopic (exact) mass is 572 g/mol. The van der Waals surface area contributed by atoms with Gasteiger partial charge in [-0.1, -0.05) is 74.3 Å². The minimum absolute atomic E-state index is 0.840. The summed E-state index contributed by atoms with van der Waals surface area (Å²) in [5.74, 6) is 1.68. The fourth-order valence-corrected chi connectivity index (χ4v) is 4.98. The summed E-state index contributed by atoms with van der Waals surface area (Å²) in [4.78, 5) is 0. The largest absolute Gasteiger partial charge is 0.497 e. The zero-order chi connectivity index (χ0) is 23.7. The zero-order valence-electron chi connectivity index (χ0n) is 18.8. The van der Waals surface area contributed by atoms with Crippen molar-refractivity contribution in [3.05, 3.63) is 128 Å². The second-order valence-corrected chi connectivity index (χ2v) is 9.84. The lowest BCUT2D eigenvalue weighted by Gasteiger charge is -2.12. The van der Waals surface area contributed by atoms with Gasteiger partial charge in [-0.2, -0.15) is 0 Å². The van der Waals surface area contributed by atoms with Crippen molar-refractivity contribution in [1.29, 1.82) is 0 Å². The molecule has 0 bridgehead atoms. The molecular weight excluding hydrogens is 552 g/mol. The summed E-state index contributed by atoms with van der Waals surface area (Å²) in [5, 5.41) is 0. The highest BCUT2D eigenvalue weighted by Gasteiger charge is 2.28.